The van der Waals surface area contributed by atoms with E-state index in [-0.39, 0.29) is 35.2 Å². The van der Waals surface area contributed by atoms with Gasteiger partial charge in [0.25, 0.3) is 0 Å². The zero-order valence-corrected chi connectivity index (χ0v) is 24.5. The zero-order chi connectivity index (χ0) is 29.8. The third kappa shape index (κ3) is 9.52. The van der Waals surface area contributed by atoms with E-state index in [1.807, 2.05) is 6.92 Å². The molecule has 1 heterocycles. The molecule has 0 bridgehead atoms. The van der Waals surface area contributed by atoms with Crippen LogP contribution in [0.3, 0.4) is 0 Å². The number of carbonyl (C=O) groups is 3. The van der Waals surface area contributed by atoms with Crippen LogP contribution in [0.2, 0.25) is 0 Å². The molecule has 41 heavy (non-hydrogen) atoms. The number of nitriles is 1. The number of rotatable bonds is 15. The SMILES string of the molecule is CC(CCCCCC(=O)Cc1ccc(C[C@H](NC(=O)[C@@H]2CSCN2S(=O)(=O)c2ccccc2)C(=O)O)cc1)=NC#N. The smallest absolute Gasteiger partial charge is 0.326 e. The molecular weight excluding hydrogens is 564 g/mol. The predicted octanol–water partition coefficient (Wildman–Crippen LogP) is 3.57. The van der Waals surface area contributed by atoms with E-state index >= 15 is 0 Å². The molecular formula is C29H34N4O6S2. The number of benzene rings is 2. The first-order valence-electron chi connectivity index (χ1n) is 13.3. The van der Waals surface area contributed by atoms with Crippen molar-refractivity contribution >= 4 is 45.2 Å². The Kier molecular flexibility index (Phi) is 12.1. The minimum Gasteiger partial charge on any atom is -0.480 e. The van der Waals surface area contributed by atoms with Gasteiger partial charge in [-0.15, -0.1) is 11.8 Å². The van der Waals surface area contributed by atoms with Gasteiger partial charge in [-0.3, -0.25) is 9.59 Å². The van der Waals surface area contributed by atoms with Crippen LogP contribution in [-0.4, -0.2) is 64.9 Å². The fraction of sp³-hybridized carbons (Fsp3) is 0.414. The first kappa shape index (κ1) is 32.0. The van der Waals surface area contributed by atoms with Crippen LogP contribution in [0.5, 0.6) is 0 Å². The molecule has 0 saturated carbocycles. The van der Waals surface area contributed by atoms with Crippen molar-refractivity contribution in [3.8, 4) is 6.19 Å². The maximum Gasteiger partial charge on any atom is 0.326 e. The number of amides is 1. The van der Waals surface area contributed by atoms with E-state index < -0.39 is 34.0 Å². The Morgan fingerprint density at radius 1 is 1.07 bits per heavy atom. The fourth-order valence-corrected chi connectivity index (χ4v) is 7.60. The number of aliphatic carboxylic acids is 1. The number of aliphatic imine (C=N–C) groups is 1. The minimum atomic E-state index is -3.92. The van der Waals surface area contributed by atoms with Crippen LogP contribution in [0.25, 0.3) is 0 Å². The van der Waals surface area contributed by atoms with Gasteiger partial charge in [0.15, 0.2) is 0 Å². The lowest BCUT2D eigenvalue weighted by Gasteiger charge is -2.24. The quantitative estimate of drug-likeness (QED) is 0.179. The monoisotopic (exact) mass is 598 g/mol. The fourth-order valence-electron chi connectivity index (χ4n) is 4.43. The maximum atomic E-state index is 13.1. The normalized spacial score (nSPS) is 16.6. The van der Waals surface area contributed by atoms with Gasteiger partial charge in [-0.1, -0.05) is 48.9 Å². The molecule has 2 aromatic carbocycles. The molecule has 0 radical (unpaired) electrons. The van der Waals surface area contributed by atoms with Crippen LogP contribution in [0.4, 0.5) is 0 Å². The molecule has 2 atom stereocenters. The van der Waals surface area contributed by atoms with E-state index in [1.165, 1.54) is 23.9 Å². The van der Waals surface area contributed by atoms with Gasteiger partial charge in [0.1, 0.15) is 17.9 Å². The van der Waals surface area contributed by atoms with Gasteiger partial charge in [-0.05, 0) is 49.4 Å². The van der Waals surface area contributed by atoms with Gasteiger partial charge in [-0.25, -0.2) is 13.2 Å². The van der Waals surface area contributed by atoms with Crippen LogP contribution in [-0.2, 0) is 37.2 Å². The summed E-state index contributed by atoms with van der Waals surface area (Å²) in [6.07, 6.45) is 5.77. The highest BCUT2D eigenvalue weighted by Gasteiger charge is 2.41. The van der Waals surface area contributed by atoms with Gasteiger partial charge < -0.3 is 10.4 Å². The number of sulfonamides is 1. The van der Waals surface area contributed by atoms with Crippen molar-refractivity contribution in [3.05, 3.63) is 65.7 Å². The second-order valence-electron chi connectivity index (χ2n) is 9.86. The molecule has 3 rings (SSSR count). The lowest BCUT2D eigenvalue weighted by Crippen LogP contribution is -2.52. The predicted molar refractivity (Wildman–Crippen MR) is 157 cm³/mol. The largest absolute Gasteiger partial charge is 0.480 e. The van der Waals surface area contributed by atoms with E-state index in [0.717, 1.165) is 41.3 Å². The van der Waals surface area contributed by atoms with Gasteiger partial charge >= 0.3 is 5.97 Å². The topological polar surface area (TPSA) is 157 Å². The molecule has 1 fully saturated rings. The van der Waals surface area contributed by atoms with Crippen molar-refractivity contribution < 1.29 is 27.9 Å². The maximum absolute atomic E-state index is 13.1. The molecule has 1 aliphatic rings. The Morgan fingerprint density at radius 2 is 1.73 bits per heavy atom. The molecule has 0 aromatic heterocycles. The number of carbonyl (C=O) groups excluding carboxylic acids is 2. The van der Waals surface area contributed by atoms with E-state index in [2.05, 4.69) is 10.3 Å². The van der Waals surface area contributed by atoms with Gasteiger partial charge in [0.2, 0.25) is 22.1 Å². The molecule has 1 amide bonds. The highest BCUT2D eigenvalue weighted by atomic mass is 32.2. The molecule has 10 nitrogen and oxygen atoms in total. The molecule has 1 aliphatic heterocycles. The molecule has 0 spiro atoms. The molecule has 0 aliphatic carbocycles. The number of carboxylic acids is 1. The van der Waals surface area contributed by atoms with Crippen molar-refractivity contribution in [2.75, 3.05) is 11.6 Å². The second-order valence-corrected chi connectivity index (χ2v) is 12.8. The van der Waals surface area contributed by atoms with Crippen LogP contribution in [0, 0.1) is 11.5 Å². The number of nitrogens with one attached hydrogen (secondary N) is 1. The van der Waals surface area contributed by atoms with Crippen LogP contribution in [0.1, 0.15) is 50.2 Å². The van der Waals surface area contributed by atoms with Crippen molar-refractivity contribution in [2.45, 2.75) is 68.8 Å². The summed E-state index contributed by atoms with van der Waals surface area (Å²) in [5.41, 5.74) is 2.27. The Balaban J connectivity index is 1.52. The Hall–Kier alpha value is -3.53. The van der Waals surface area contributed by atoms with Crippen LogP contribution >= 0.6 is 11.8 Å². The van der Waals surface area contributed by atoms with E-state index in [9.17, 15) is 27.9 Å². The van der Waals surface area contributed by atoms with E-state index in [1.54, 1.807) is 48.7 Å². The summed E-state index contributed by atoms with van der Waals surface area (Å²) in [6, 6.07) is 12.6. The lowest BCUT2D eigenvalue weighted by atomic mass is 10.00. The summed E-state index contributed by atoms with van der Waals surface area (Å²) in [4.78, 5) is 41.1. The van der Waals surface area contributed by atoms with Crippen molar-refractivity contribution in [3.63, 3.8) is 0 Å². The number of ketones is 1. The number of hydrogen-bond donors (Lipinski definition) is 2. The summed E-state index contributed by atoms with van der Waals surface area (Å²) < 4.78 is 27.3. The van der Waals surface area contributed by atoms with Gasteiger partial charge in [0, 0.05) is 30.7 Å². The minimum absolute atomic E-state index is 0.00905. The van der Waals surface area contributed by atoms with E-state index in [0.29, 0.717) is 12.0 Å². The standard InChI is InChI=1S/C29H34N4O6S2/c1-21(31-19-30)8-4-2-5-9-24(34)16-22-12-14-23(15-13-22)17-26(29(36)37)32-28(35)27-18-40-20-33(27)41(38,39)25-10-6-3-7-11-25/h3,6-7,10-15,26-27H,2,4-5,8-9,16-18,20H2,1H3,(H,32,35)(H,36,37)/t26-,27-/m0/s1. The summed E-state index contributed by atoms with van der Waals surface area (Å²) in [7, 11) is -3.92. The van der Waals surface area contributed by atoms with Crippen molar-refractivity contribution in [1.29, 1.82) is 5.26 Å². The highest BCUT2D eigenvalue weighted by molar-refractivity contribution is 8.00. The summed E-state index contributed by atoms with van der Waals surface area (Å²) >= 11 is 1.29. The van der Waals surface area contributed by atoms with Crippen molar-refractivity contribution in [1.82, 2.24) is 9.62 Å². The Bertz CT molecular complexity index is 1390. The average Bonchev–Trinajstić information content (AvgIpc) is 3.45. The molecule has 12 heteroatoms. The van der Waals surface area contributed by atoms with Gasteiger partial charge in [0.05, 0.1) is 10.8 Å². The molecule has 2 aromatic rings. The Labute approximate surface area is 244 Å². The van der Waals surface area contributed by atoms with Gasteiger partial charge in [-0.2, -0.15) is 14.6 Å². The number of unbranched alkanes of at least 4 members (excludes halogenated alkanes) is 2. The lowest BCUT2D eigenvalue weighted by molar-refractivity contribution is -0.142. The molecule has 1 saturated heterocycles. The van der Waals surface area contributed by atoms with Crippen LogP contribution < -0.4 is 5.32 Å². The molecule has 0 unspecified atom stereocenters. The third-order valence-corrected chi connectivity index (χ3v) is 9.75. The average molecular weight is 599 g/mol. The zero-order valence-electron chi connectivity index (χ0n) is 22.9. The first-order valence-corrected chi connectivity index (χ1v) is 15.9. The van der Waals surface area contributed by atoms with E-state index in [4.69, 9.17) is 5.26 Å². The summed E-state index contributed by atoms with van der Waals surface area (Å²) in [6.45, 7) is 1.81. The van der Waals surface area contributed by atoms with Crippen LogP contribution in [0.15, 0.2) is 64.5 Å². The number of hydrogen-bond acceptors (Lipinski definition) is 8. The highest BCUT2D eigenvalue weighted by Crippen LogP contribution is 2.28. The first-order chi connectivity index (χ1) is 19.6. The summed E-state index contributed by atoms with van der Waals surface area (Å²) in [5.74, 6) is -1.45. The summed E-state index contributed by atoms with van der Waals surface area (Å²) in [5, 5.41) is 20.8. The van der Waals surface area contributed by atoms with Crippen molar-refractivity contribution in [2.24, 2.45) is 4.99 Å². The number of carboxylic acid groups (broad SMARTS) is 1. The number of nitrogens with zero attached hydrogens (tertiary/aromatic N) is 3. The Morgan fingerprint density at radius 3 is 2.39 bits per heavy atom. The molecule has 218 valence electrons. The number of Topliss-reactive ketones (excluding diaryl/α,β-unsaturated/α-hetero) is 1. The second kappa shape index (κ2) is 15.5. The number of thioether (sulfide) groups is 1. The third-order valence-electron chi connectivity index (χ3n) is 6.71. The molecule has 2 N–H and O–H groups in total.